The van der Waals surface area contributed by atoms with Gasteiger partial charge in [0.15, 0.2) is 0 Å². The number of nitrogens with zero attached hydrogens (tertiary/aromatic N) is 4. The Morgan fingerprint density at radius 1 is 0.750 bits per heavy atom. The van der Waals surface area contributed by atoms with Crippen molar-refractivity contribution in [2.24, 2.45) is 23.7 Å². The molecule has 4 unspecified atom stereocenters. The standard InChI is InChI=1S/C48H54N8O8/c1-26-19-34(15-18-64-26)48(2,54-47(61)62)45(58)56-38-21-33(38)23-40(56)43-50-25-36(52-43)30-11-7-28(8-12-30)4-3-27-5-9-29(10-6-27)35-24-49-42(51-35)39-22-32-20-37(32)55(39)44(57)41(53-46(59)60)31-13-16-63-17-14-31/h5-12,24-26,31-34,37-41,53-54H,13-23H2,1-2H3,(H,49,51)(H,50,52)(H,59,60)(H,61,62)/t26?,32-,33-,34?,37?,38?,39-,40-,41-,48-/m0/s1. The number of carbonyl (C=O) groups is 4. The van der Waals surface area contributed by atoms with Crippen molar-refractivity contribution in [1.82, 2.24) is 40.4 Å². The number of ether oxygens (including phenoxy) is 2. The van der Waals surface area contributed by atoms with E-state index in [1.165, 1.54) is 0 Å². The van der Waals surface area contributed by atoms with Gasteiger partial charge in [-0.25, -0.2) is 19.6 Å². The number of H-pyrrole nitrogens is 2. The van der Waals surface area contributed by atoms with E-state index >= 15 is 0 Å². The first-order chi connectivity index (χ1) is 30.9. The second kappa shape index (κ2) is 16.7. The Balaban J connectivity index is 0.787. The van der Waals surface area contributed by atoms with Gasteiger partial charge in [-0.05, 0) is 113 Å². The number of carboxylic acid groups (broad SMARTS) is 2. The third-order valence-corrected chi connectivity index (χ3v) is 14.6. The van der Waals surface area contributed by atoms with Gasteiger partial charge in [0.05, 0.1) is 29.6 Å². The smallest absolute Gasteiger partial charge is 0.405 e. The number of aromatic nitrogens is 4. The van der Waals surface area contributed by atoms with E-state index in [4.69, 9.17) is 19.4 Å². The molecule has 64 heavy (non-hydrogen) atoms. The van der Waals surface area contributed by atoms with Crippen LogP contribution in [0.1, 0.15) is 100 Å². The molecule has 10 rings (SSSR count). The third kappa shape index (κ3) is 8.11. The molecule has 2 saturated carbocycles. The van der Waals surface area contributed by atoms with Crippen LogP contribution in [0.4, 0.5) is 9.59 Å². The maximum Gasteiger partial charge on any atom is 0.405 e. The van der Waals surface area contributed by atoms with Gasteiger partial charge in [-0.3, -0.25) is 9.59 Å². The number of amides is 4. The van der Waals surface area contributed by atoms with Crippen LogP contribution in [0, 0.1) is 35.5 Å². The molecule has 16 heteroatoms. The SMILES string of the molecule is CC1CC([C@](C)(NC(=O)O)C(=O)N2C3C[C@H]3C[C@H]2c2nc(-c3ccc(C#Cc4ccc(-c5c[nH]c([C@@H]6C[C@@H]7CC7N6C(=O)[C@@H](NC(=O)O)C6CCOCC6)n5)cc4)cc3)c[nH]2)CCO1. The van der Waals surface area contributed by atoms with Crippen LogP contribution in [0.3, 0.4) is 0 Å². The van der Waals surface area contributed by atoms with E-state index in [2.05, 4.69) is 32.4 Å². The minimum Gasteiger partial charge on any atom is -0.465 e. The predicted octanol–water partition coefficient (Wildman–Crippen LogP) is 6.09. The Kier molecular flexibility index (Phi) is 10.9. The molecule has 4 aliphatic heterocycles. The zero-order chi connectivity index (χ0) is 44.3. The molecule has 4 saturated heterocycles. The summed E-state index contributed by atoms with van der Waals surface area (Å²) >= 11 is 0. The lowest BCUT2D eigenvalue weighted by Crippen LogP contribution is -2.63. The summed E-state index contributed by atoms with van der Waals surface area (Å²) in [5.74, 6) is 8.03. The van der Waals surface area contributed by atoms with Crippen LogP contribution in [0.2, 0.25) is 0 Å². The molecule has 0 bridgehead atoms. The Morgan fingerprint density at radius 3 is 1.83 bits per heavy atom. The van der Waals surface area contributed by atoms with Gasteiger partial charge in [-0.15, -0.1) is 0 Å². The first kappa shape index (κ1) is 41.8. The number of likely N-dealkylation sites (tertiary alicyclic amines) is 2. The summed E-state index contributed by atoms with van der Waals surface area (Å²) in [7, 11) is 0. The number of benzene rings is 2. The minimum atomic E-state index is -1.28. The van der Waals surface area contributed by atoms with Gasteiger partial charge in [0.2, 0.25) is 11.8 Å². The molecule has 0 radical (unpaired) electrons. The van der Waals surface area contributed by atoms with E-state index in [1.54, 1.807) is 6.92 Å². The van der Waals surface area contributed by atoms with Gasteiger partial charge in [0.1, 0.15) is 23.2 Å². The monoisotopic (exact) mass is 870 g/mol. The van der Waals surface area contributed by atoms with Crippen molar-refractivity contribution in [2.75, 3.05) is 19.8 Å². The van der Waals surface area contributed by atoms with Crippen LogP contribution in [-0.2, 0) is 19.1 Å². The highest BCUT2D eigenvalue weighted by molar-refractivity contribution is 5.91. The molecular weight excluding hydrogens is 817 g/mol. The molecule has 2 aromatic heterocycles. The molecule has 2 aromatic carbocycles. The number of fused-ring (bicyclic) bond motifs is 2. The second-order valence-corrected chi connectivity index (χ2v) is 18.7. The molecule has 6 fully saturated rings. The van der Waals surface area contributed by atoms with Crippen LogP contribution in [0.5, 0.6) is 0 Å². The van der Waals surface area contributed by atoms with E-state index in [1.807, 2.05) is 77.6 Å². The maximum absolute atomic E-state index is 14.4. The normalized spacial score (nSPS) is 28.5. The Labute approximate surface area is 370 Å². The first-order valence-corrected chi connectivity index (χ1v) is 22.6. The van der Waals surface area contributed by atoms with Crippen LogP contribution in [0.15, 0.2) is 60.9 Å². The molecule has 6 N–H and O–H groups in total. The van der Waals surface area contributed by atoms with E-state index in [0.29, 0.717) is 69.0 Å². The van der Waals surface area contributed by atoms with Crippen molar-refractivity contribution in [3.63, 3.8) is 0 Å². The summed E-state index contributed by atoms with van der Waals surface area (Å²) in [4.78, 5) is 72.5. The lowest BCUT2D eigenvalue weighted by molar-refractivity contribution is -0.145. The maximum atomic E-state index is 14.4. The highest BCUT2D eigenvalue weighted by Gasteiger charge is 2.60. The third-order valence-electron chi connectivity index (χ3n) is 14.6. The zero-order valence-electron chi connectivity index (χ0n) is 36.0. The Hall–Kier alpha value is -6.18. The number of imidazole rings is 2. The Bertz CT molecular complexity index is 2490. The number of hydrogen-bond acceptors (Lipinski definition) is 8. The van der Waals surface area contributed by atoms with E-state index in [0.717, 1.165) is 59.3 Å². The molecule has 4 amide bonds. The first-order valence-electron chi connectivity index (χ1n) is 22.6. The van der Waals surface area contributed by atoms with Gasteiger partial charge in [-0.2, -0.15) is 0 Å². The lowest BCUT2D eigenvalue weighted by Gasteiger charge is -2.43. The van der Waals surface area contributed by atoms with Crippen LogP contribution in [0.25, 0.3) is 22.5 Å². The molecular formula is C48H54N8O8. The molecule has 2 aliphatic carbocycles. The fourth-order valence-corrected chi connectivity index (χ4v) is 11.0. The van der Waals surface area contributed by atoms with Crippen molar-refractivity contribution < 1.29 is 38.9 Å². The summed E-state index contributed by atoms with van der Waals surface area (Å²) in [5.41, 5.74) is 3.73. The Morgan fingerprint density at radius 2 is 1.30 bits per heavy atom. The van der Waals surface area contributed by atoms with Crippen LogP contribution in [-0.4, -0.2) is 114 Å². The largest absolute Gasteiger partial charge is 0.465 e. The lowest BCUT2D eigenvalue weighted by atomic mass is 9.77. The van der Waals surface area contributed by atoms with Crippen molar-refractivity contribution in [2.45, 2.75) is 107 Å². The molecule has 6 aliphatic rings. The topological polar surface area (TPSA) is 215 Å². The summed E-state index contributed by atoms with van der Waals surface area (Å²) in [6, 6.07) is 14.6. The minimum absolute atomic E-state index is 0.0543. The fraction of sp³-hybridized carbons (Fsp3) is 0.500. The molecule has 334 valence electrons. The summed E-state index contributed by atoms with van der Waals surface area (Å²) < 4.78 is 11.2. The number of carbonyl (C=O) groups excluding carboxylic acids is 2. The van der Waals surface area contributed by atoms with Crippen molar-refractivity contribution in [3.8, 4) is 34.4 Å². The zero-order valence-corrected chi connectivity index (χ0v) is 36.0. The average molecular weight is 871 g/mol. The number of piperidine rings is 2. The summed E-state index contributed by atoms with van der Waals surface area (Å²) in [6.07, 6.45) is 7.16. The van der Waals surface area contributed by atoms with E-state index in [9.17, 15) is 29.4 Å². The second-order valence-electron chi connectivity index (χ2n) is 18.7. The molecule has 6 heterocycles. The van der Waals surface area contributed by atoms with Crippen molar-refractivity contribution in [3.05, 3.63) is 83.7 Å². The number of hydrogen-bond donors (Lipinski definition) is 6. The quantitative estimate of drug-likeness (QED) is 0.101. The predicted molar refractivity (Wildman–Crippen MR) is 232 cm³/mol. The number of rotatable bonds is 10. The van der Waals surface area contributed by atoms with E-state index < -0.39 is 23.8 Å². The van der Waals surface area contributed by atoms with Gasteiger partial charge in [-0.1, -0.05) is 36.1 Å². The molecule has 16 nitrogen and oxygen atoms in total. The van der Waals surface area contributed by atoms with Gasteiger partial charge < -0.3 is 50.1 Å². The number of aromatic amines is 2. The molecule has 4 aromatic rings. The van der Waals surface area contributed by atoms with Gasteiger partial charge in [0, 0.05) is 66.6 Å². The summed E-state index contributed by atoms with van der Waals surface area (Å²) in [6.45, 7) is 5.22. The van der Waals surface area contributed by atoms with Gasteiger partial charge >= 0.3 is 12.2 Å². The molecule has 10 atom stereocenters. The van der Waals surface area contributed by atoms with Crippen molar-refractivity contribution in [1.29, 1.82) is 0 Å². The average Bonchev–Trinajstić information content (AvgIpc) is 3.88. The van der Waals surface area contributed by atoms with Crippen LogP contribution >= 0.6 is 0 Å². The van der Waals surface area contributed by atoms with E-state index in [-0.39, 0.29) is 53.9 Å². The van der Waals surface area contributed by atoms with Gasteiger partial charge in [0.25, 0.3) is 0 Å². The highest BCUT2D eigenvalue weighted by atomic mass is 16.5. The van der Waals surface area contributed by atoms with Crippen LogP contribution < -0.4 is 10.6 Å². The highest BCUT2D eigenvalue weighted by Crippen LogP contribution is 2.55. The number of nitrogens with one attached hydrogen (secondary N) is 4. The molecule has 0 spiro atoms. The van der Waals surface area contributed by atoms with Crippen molar-refractivity contribution >= 4 is 24.0 Å². The summed E-state index contributed by atoms with van der Waals surface area (Å²) in [5, 5.41) is 24.6. The fourth-order valence-electron chi connectivity index (χ4n) is 11.0.